The Kier molecular flexibility index (Phi) is 106. The van der Waals surface area contributed by atoms with Crippen molar-refractivity contribution in [3.63, 3.8) is 0 Å². The number of benzene rings is 4. The van der Waals surface area contributed by atoms with Gasteiger partial charge in [0.2, 0.25) is 0 Å². The molecule has 0 aliphatic carbocycles. The summed E-state index contributed by atoms with van der Waals surface area (Å²) in [5, 5.41) is 218. The molecule has 19 N–H and O–H groups in total. The first-order chi connectivity index (χ1) is 43.1. The van der Waals surface area contributed by atoms with Crippen molar-refractivity contribution in [3.8, 4) is 23.0 Å². The maximum absolute atomic E-state index is 11.4. The number of nitrogens with zero attached hydrogens (tertiary/aromatic N) is 12. The maximum atomic E-state index is 11.4. The van der Waals surface area contributed by atoms with Crippen LogP contribution in [0.1, 0.15) is 99.9 Å². The van der Waals surface area contributed by atoms with E-state index in [1.807, 2.05) is 27.7 Å². The number of oxime groups is 4. The van der Waals surface area contributed by atoms with Crippen LogP contribution in [0.25, 0.3) is 0 Å². The predicted octanol–water partition coefficient (Wildman–Crippen LogP) is -8.21. The van der Waals surface area contributed by atoms with Crippen molar-refractivity contribution in [1.29, 1.82) is 0 Å². The van der Waals surface area contributed by atoms with Crippen molar-refractivity contribution < 1.29 is 294 Å². The summed E-state index contributed by atoms with van der Waals surface area (Å²) in [6, 6.07) is 19.0. The number of hydrogen-bond acceptors (Lipinski definition) is 34. The Balaban J connectivity index is -0.0000000660. The molecule has 0 saturated carbocycles. The van der Waals surface area contributed by atoms with Crippen LogP contribution in [-0.4, -0.2) is 163 Å². The Bertz CT molecular complexity index is 2960. The molecule has 0 radical (unpaired) electrons. The fourth-order valence-corrected chi connectivity index (χ4v) is 4.68. The number of aryl methyl sites for hydroxylation is 4. The molecule has 4 aromatic carbocycles. The smallest absolute Gasteiger partial charge is 0.876 e. The fraction of sp³-hybridized carbons (Fsp3) is 0.259. The average Bonchev–Trinajstić information content (AvgIpc) is 0.926. The number of hydrogen-bond donors (Lipinski definition) is 7. The Morgan fingerprint density at radius 2 is 0.485 bits per heavy atom. The zero-order chi connectivity index (χ0) is 72.6. The standard InChI is InChI=1S/4C11H13N3O3.2C5H8O2.CH2O3.3CH4O.5H2O.4Tb/c4*1-7-3-4-10(15)9(5-7)6-12-13-11(16)8(2)14-17;2*1-4(6)3-5(2)7;2-1(3)4;3*1-2;;;;;;;;;/h4*3-6,15,17H,1-2H3,(H,13,16);2*3,6H,1-2H3;(H2,2,3,4);3*2H,1H3;5*1H2;;;;/q;;;;;;;;;;;;;;;4*+3/p-10/b4*12-6+,14-8+;2*4-3-;;;;;;;;;;;;;. The monoisotopic (exact) mass is 2010 g/mol. The van der Waals surface area contributed by atoms with Gasteiger partial charge in [-0.25, -0.2) is 0 Å². The van der Waals surface area contributed by atoms with Crippen LogP contribution in [0, 0.1) is 182 Å². The summed E-state index contributed by atoms with van der Waals surface area (Å²) in [6.07, 6.45) is 4.55. The van der Waals surface area contributed by atoms with Crippen molar-refractivity contribution in [2.75, 3.05) is 21.3 Å². The summed E-state index contributed by atoms with van der Waals surface area (Å²) in [5.41, 5.74) is 4.33. The first kappa shape index (κ1) is 130. The van der Waals surface area contributed by atoms with E-state index in [1.54, 1.807) is 48.5 Å². The molecule has 0 atom stereocenters. The number of carboxylic acid groups (broad SMARTS) is 2. The summed E-state index contributed by atoms with van der Waals surface area (Å²) in [5.74, 6) is -4.59. The topological polar surface area (TPSA) is 778 Å². The van der Waals surface area contributed by atoms with Crippen LogP contribution in [0.5, 0.6) is 23.0 Å². The minimum absolute atomic E-state index is 0. The molecule has 0 spiro atoms. The molecular formula is C58H82N12O27Tb4+2. The van der Waals surface area contributed by atoms with E-state index >= 15 is 0 Å². The second-order valence-electron chi connectivity index (χ2n) is 16.5. The Labute approximate surface area is 704 Å². The molecule has 101 heavy (non-hydrogen) atoms. The van der Waals surface area contributed by atoms with Crippen LogP contribution in [0.15, 0.2) is 158 Å². The minimum atomic E-state index is -2.33. The molecule has 0 aromatic heterocycles. The second-order valence-corrected chi connectivity index (χ2v) is 16.5. The molecule has 0 aliphatic heterocycles. The van der Waals surface area contributed by atoms with Gasteiger partial charge in [0.05, 0.1) is 47.7 Å². The molecule has 4 rings (SSSR count). The van der Waals surface area contributed by atoms with Crippen molar-refractivity contribution >= 4 is 89.0 Å². The van der Waals surface area contributed by atoms with E-state index in [0.29, 0.717) is 22.3 Å². The Hall–Kier alpha value is -6.97. The largest absolute Gasteiger partial charge is 3.00 e. The van der Waals surface area contributed by atoms with Crippen LogP contribution >= 0.6 is 0 Å². The van der Waals surface area contributed by atoms with Gasteiger partial charge in [0.25, 0.3) is 0 Å². The van der Waals surface area contributed by atoms with Gasteiger partial charge in [-0.05, 0) is 110 Å². The zero-order valence-corrected chi connectivity index (χ0v) is 65.1. The molecule has 39 nitrogen and oxygen atoms in total. The van der Waals surface area contributed by atoms with Crippen molar-refractivity contribution in [1.82, 2.24) is 0 Å². The molecule has 0 fully saturated rings. The van der Waals surface area contributed by atoms with Gasteiger partial charge in [0.1, 0.15) is 0 Å². The summed E-state index contributed by atoms with van der Waals surface area (Å²) in [4.78, 5) is 28.3. The van der Waals surface area contributed by atoms with E-state index in [2.05, 4.69) is 61.4 Å². The fourth-order valence-electron chi connectivity index (χ4n) is 4.68. The van der Waals surface area contributed by atoms with Crippen LogP contribution in [0.2, 0.25) is 0 Å². The molecule has 0 bridgehead atoms. The third-order valence-electron chi connectivity index (χ3n) is 8.69. The summed E-state index contributed by atoms with van der Waals surface area (Å²) < 4.78 is 0. The number of carbonyl (C=O) groups is 3. The van der Waals surface area contributed by atoms with Gasteiger partial charge in [0, 0.05) is 44.9 Å². The van der Waals surface area contributed by atoms with Crippen LogP contribution in [-0.2, 0) is 20.5 Å². The predicted molar refractivity (Wildman–Crippen MR) is 341 cm³/mol. The van der Waals surface area contributed by atoms with Gasteiger partial charge < -0.3 is 130 Å². The molecule has 0 amide bonds. The quantitative estimate of drug-likeness (QED) is 0.0117. The number of allylic oxidation sites excluding steroid dienone is 4. The van der Waals surface area contributed by atoms with E-state index in [-0.39, 0.29) is 251 Å². The normalized spacial score (nSPS) is 11.0. The van der Waals surface area contributed by atoms with E-state index in [4.69, 9.17) is 51.2 Å². The van der Waals surface area contributed by atoms with Gasteiger partial charge in [-0.2, -0.15) is 40.8 Å². The maximum Gasteiger partial charge on any atom is 3.00 e. The Morgan fingerprint density at radius 3 is 0.594 bits per heavy atom. The summed E-state index contributed by atoms with van der Waals surface area (Å²) in [6.45, 7) is 17.9. The first-order valence-corrected chi connectivity index (χ1v) is 25.1. The van der Waals surface area contributed by atoms with E-state index in [9.17, 15) is 60.7 Å². The van der Waals surface area contributed by atoms with E-state index in [1.165, 1.54) is 105 Å². The van der Waals surface area contributed by atoms with Crippen molar-refractivity contribution in [2.45, 2.75) is 83.1 Å². The number of aliphatic hydroxyl groups excluding tert-OH is 3. The average molecular weight is 2020 g/mol. The third kappa shape index (κ3) is 75.5. The third-order valence-corrected chi connectivity index (χ3v) is 8.69. The zero-order valence-electron chi connectivity index (χ0n) is 56.5. The molecule has 0 heterocycles. The van der Waals surface area contributed by atoms with Crippen molar-refractivity contribution in [3.05, 3.63) is 141 Å². The van der Waals surface area contributed by atoms with Gasteiger partial charge in [0.15, 0.2) is 11.6 Å². The SMILES string of the molecule is CC(=N\O)/C([O-])=N/N=C/c1cc(C)ccc1[O-].CC(=N\O)/C([O-])=N/N=C/c1cc(C)ccc1[O-].CC(=N\O)/C([O-])=N/N=C/c1cc(C)ccc1[O-].CC(=N\O)/C([O-])=N/N=C/c1cc(C)ccc1[O-].CC(=O)/C=C(/C)[O-].CC(=O)/C=C(/C)[O-].CO.CO.CO.O.O.O.O=C([O-])[O-].[OH3+].[OH3+].[Tb+3].[Tb+3].[Tb+3].[Tb+3]. The Morgan fingerprint density at radius 1 is 0.337 bits per heavy atom. The molecule has 43 heteroatoms. The van der Waals surface area contributed by atoms with Gasteiger partial charge in [-0.15, -0.1) is 11.5 Å². The van der Waals surface area contributed by atoms with E-state index < -0.39 is 29.7 Å². The number of aliphatic hydroxyl groups is 3. The van der Waals surface area contributed by atoms with Crippen LogP contribution in [0.4, 0.5) is 4.79 Å². The molecule has 4 aromatic rings. The van der Waals surface area contributed by atoms with E-state index in [0.717, 1.165) is 55.7 Å². The van der Waals surface area contributed by atoms with Gasteiger partial charge in [-0.1, -0.05) is 153 Å². The van der Waals surface area contributed by atoms with Gasteiger partial charge >= 0.3 is 154 Å². The first-order valence-electron chi connectivity index (χ1n) is 25.1. The summed E-state index contributed by atoms with van der Waals surface area (Å²) in [7, 11) is 3.00. The molecule has 0 saturated heterocycles. The van der Waals surface area contributed by atoms with Crippen LogP contribution < -0.4 is 61.3 Å². The molecule has 0 aliphatic rings. The minimum Gasteiger partial charge on any atom is -0.876 e. The number of rotatable bonds is 14. The molecule has 0 unspecified atom stereocenters. The molecular weight excluding hydrogens is 1930 g/mol. The summed E-state index contributed by atoms with van der Waals surface area (Å²) >= 11 is 0. The number of ketones is 2. The van der Waals surface area contributed by atoms with Crippen molar-refractivity contribution in [2.24, 2.45) is 61.4 Å². The number of carbonyl (C=O) groups excluding carboxylic acids is 3. The van der Waals surface area contributed by atoms with Gasteiger partial charge in [-0.3, -0.25) is 9.59 Å². The second kappa shape index (κ2) is 82.0. The van der Waals surface area contributed by atoms with Crippen LogP contribution in [0.3, 0.4) is 0 Å². The molecule has 570 valence electrons.